The average Bonchev–Trinajstić information content (AvgIpc) is 2.49. The number of carbonyl (C=O) groups is 1. The Morgan fingerprint density at radius 2 is 2.31 bits per heavy atom. The molecule has 0 amide bonds. The Bertz CT molecular complexity index is 423. The maximum atomic E-state index is 10.9. The van der Waals surface area contributed by atoms with Crippen LogP contribution in [-0.2, 0) is 13.8 Å². The molecule has 0 saturated carbocycles. The minimum atomic E-state index is -3.97. The molecule has 1 aromatic heterocycles. The second-order valence-electron chi connectivity index (χ2n) is 2.04. The van der Waals surface area contributed by atoms with Gasteiger partial charge in [-0.2, -0.15) is 5.10 Å². The van der Waals surface area contributed by atoms with Gasteiger partial charge in [-0.3, -0.25) is 5.10 Å². The zero-order chi connectivity index (χ0) is 10.1. The maximum Gasteiger partial charge on any atom is 0.357 e. The van der Waals surface area contributed by atoms with Gasteiger partial charge in [-0.1, -0.05) is 0 Å². The monoisotopic (exact) mass is 224 g/mol. The Morgan fingerprint density at radius 1 is 1.69 bits per heavy atom. The molecule has 0 aromatic carbocycles. The van der Waals surface area contributed by atoms with Crippen molar-refractivity contribution >= 4 is 25.7 Å². The molecule has 0 aliphatic rings. The molecular formula is C5H5ClN2O4S. The van der Waals surface area contributed by atoms with Crippen molar-refractivity contribution in [1.82, 2.24) is 10.2 Å². The molecular weight excluding hydrogens is 220 g/mol. The van der Waals surface area contributed by atoms with E-state index in [0.717, 1.165) is 13.3 Å². The van der Waals surface area contributed by atoms with E-state index >= 15 is 0 Å². The van der Waals surface area contributed by atoms with Gasteiger partial charge in [0.1, 0.15) is 4.90 Å². The number of nitrogens with zero attached hydrogens (tertiary/aromatic N) is 1. The summed E-state index contributed by atoms with van der Waals surface area (Å²) in [5.74, 6) is -0.836. The third-order valence-electron chi connectivity index (χ3n) is 1.26. The van der Waals surface area contributed by atoms with Gasteiger partial charge in [0.25, 0.3) is 9.05 Å². The number of carbonyl (C=O) groups excluding carboxylic acids is 1. The smallest absolute Gasteiger partial charge is 0.357 e. The molecule has 13 heavy (non-hydrogen) atoms. The molecule has 72 valence electrons. The number of hydrogen-bond donors (Lipinski definition) is 1. The number of halogens is 1. The Hall–Kier alpha value is -1.08. The lowest BCUT2D eigenvalue weighted by molar-refractivity contribution is 0.0589. The van der Waals surface area contributed by atoms with E-state index < -0.39 is 15.0 Å². The first-order valence-corrected chi connectivity index (χ1v) is 5.34. The number of hydrogen-bond acceptors (Lipinski definition) is 5. The number of aromatic amines is 1. The van der Waals surface area contributed by atoms with Crippen molar-refractivity contribution in [1.29, 1.82) is 0 Å². The largest absolute Gasteiger partial charge is 0.464 e. The second-order valence-corrected chi connectivity index (χ2v) is 4.57. The topological polar surface area (TPSA) is 89.1 Å². The third kappa shape index (κ3) is 1.99. The summed E-state index contributed by atoms with van der Waals surface area (Å²) in [4.78, 5) is 10.5. The van der Waals surface area contributed by atoms with Crippen LogP contribution in [0.4, 0.5) is 0 Å². The molecule has 0 spiro atoms. The number of H-pyrrole nitrogens is 1. The summed E-state index contributed by atoms with van der Waals surface area (Å²) in [6.07, 6.45) is 0.939. The highest BCUT2D eigenvalue weighted by Gasteiger charge is 2.23. The lowest BCUT2D eigenvalue weighted by Crippen LogP contribution is -2.06. The molecule has 1 heterocycles. The van der Waals surface area contributed by atoms with Crippen molar-refractivity contribution < 1.29 is 17.9 Å². The molecule has 0 fully saturated rings. The first-order chi connectivity index (χ1) is 5.96. The molecule has 1 rings (SSSR count). The van der Waals surface area contributed by atoms with Crippen LogP contribution in [0.5, 0.6) is 0 Å². The van der Waals surface area contributed by atoms with Crippen molar-refractivity contribution in [2.45, 2.75) is 4.90 Å². The molecule has 1 aromatic rings. The fourth-order valence-electron chi connectivity index (χ4n) is 0.708. The average molecular weight is 225 g/mol. The zero-order valence-electron chi connectivity index (χ0n) is 6.44. The van der Waals surface area contributed by atoms with Crippen LogP contribution >= 0.6 is 10.7 Å². The summed E-state index contributed by atoms with van der Waals surface area (Å²) in [6, 6.07) is 0. The highest BCUT2D eigenvalue weighted by atomic mass is 35.7. The zero-order valence-corrected chi connectivity index (χ0v) is 8.02. The lowest BCUT2D eigenvalue weighted by Gasteiger charge is -1.96. The standard InChI is InChI=1S/C5H5ClN2O4S/c1-12-5(9)4-3(2-7-8-4)13(6,10)11/h2H,1H3,(H,7,8). The summed E-state index contributed by atoms with van der Waals surface area (Å²) >= 11 is 0. The number of ether oxygens (including phenoxy) is 1. The van der Waals surface area contributed by atoms with Crippen LogP contribution < -0.4 is 0 Å². The van der Waals surface area contributed by atoms with Gasteiger partial charge in [0.15, 0.2) is 5.69 Å². The van der Waals surface area contributed by atoms with Crippen molar-refractivity contribution in [3.8, 4) is 0 Å². The first-order valence-electron chi connectivity index (χ1n) is 3.03. The molecule has 0 unspecified atom stereocenters. The molecule has 8 heteroatoms. The van der Waals surface area contributed by atoms with Crippen molar-refractivity contribution in [3.05, 3.63) is 11.9 Å². The van der Waals surface area contributed by atoms with Gasteiger partial charge in [-0.05, 0) is 0 Å². The van der Waals surface area contributed by atoms with E-state index in [0.29, 0.717) is 0 Å². The fourth-order valence-corrected chi connectivity index (χ4v) is 1.61. The van der Waals surface area contributed by atoms with Gasteiger partial charge in [-0.15, -0.1) is 0 Å². The molecule has 0 aliphatic carbocycles. The molecule has 6 nitrogen and oxygen atoms in total. The fraction of sp³-hybridized carbons (Fsp3) is 0.200. The van der Waals surface area contributed by atoms with Crippen LogP contribution in [0, 0.1) is 0 Å². The predicted octanol–water partition coefficient (Wildman–Crippen LogP) is 0.124. The molecule has 0 atom stereocenters. The lowest BCUT2D eigenvalue weighted by atomic mass is 10.4. The second kappa shape index (κ2) is 3.35. The first kappa shape index (κ1) is 10.0. The van der Waals surface area contributed by atoms with E-state index in [4.69, 9.17) is 10.7 Å². The summed E-state index contributed by atoms with van der Waals surface area (Å²) in [5.41, 5.74) is -0.280. The molecule has 0 saturated heterocycles. The number of aromatic nitrogens is 2. The minimum Gasteiger partial charge on any atom is -0.464 e. The Balaban J connectivity index is 3.26. The number of esters is 1. The SMILES string of the molecule is COC(=O)c1[nH]ncc1S(=O)(=O)Cl. The van der Waals surface area contributed by atoms with Gasteiger partial charge in [0.05, 0.1) is 13.3 Å². The van der Waals surface area contributed by atoms with E-state index in [1.165, 1.54) is 0 Å². The maximum absolute atomic E-state index is 10.9. The Morgan fingerprint density at radius 3 is 2.77 bits per heavy atom. The highest BCUT2D eigenvalue weighted by molar-refractivity contribution is 8.13. The number of rotatable bonds is 2. The van der Waals surface area contributed by atoms with Crippen LogP contribution in [0.2, 0.25) is 0 Å². The van der Waals surface area contributed by atoms with Gasteiger partial charge >= 0.3 is 5.97 Å². The molecule has 0 radical (unpaired) electrons. The molecule has 1 N–H and O–H groups in total. The van der Waals surface area contributed by atoms with Crippen LogP contribution in [0.15, 0.2) is 11.1 Å². The highest BCUT2D eigenvalue weighted by Crippen LogP contribution is 2.17. The van der Waals surface area contributed by atoms with Crippen molar-refractivity contribution in [2.75, 3.05) is 7.11 Å². The quantitative estimate of drug-likeness (QED) is 0.570. The summed E-state index contributed by atoms with van der Waals surface area (Å²) < 4.78 is 26.0. The predicted molar refractivity (Wildman–Crippen MR) is 43.0 cm³/mol. The Kier molecular flexibility index (Phi) is 2.58. The molecule has 0 bridgehead atoms. The number of methoxy groups -OCH3 is 1. The van der Waals surface area contributed by atoms with E-state index in [2.05, 4.69) is 14.9 Å². The van der Waals surface area contributed by atoms with Gasteiger partial charge < -0.3 is 4.74 Å². The molecule has 0 aliphatic heterocycles. The summed E-state index contributed by atoms with van der Waals surface area (Å²) in [7, 11) is 2.16. The minimum absolute atomic E-state index is 0.280. The van der Waals surface area contributed by atoms with E-state index in [-0.39, 0.29) is 10.6 Å². The van der Waals surface area contributed by atoms with Gasteiger partial charge in [0.2, 0.25) is 0 Å². The van der Waals surface area contributed by atoms with Crippen molar-refractivity contribution in [3.63, 3.8) is 0 Å². The van der Waals surface area contributed by atoms with E-state index in [9.17, 15) is 13.2 Å². The van der Waals surface area contributed by atoms with E-state index in [1.54, 1.807) is 0 Å². The normalized spacial score (nSPS) is 11.2. The van der Waals surface area contributed by atoms with Crippen molar-refractivity contribution in [2.24, 2.45) is 0 Å². The summed E-state index contributed by atoms with van der Waals surface area (Å²) in [5, 5.41) is 5.54. The van der Waals surface area contributed by atoms with Crippen LogP contribution in [-0.4, -0.2) is 31.7 Å². The van der Waals surface area contributed by atoms with Crippen LogP contribution in [0.1, 0.15) is 10.5 Å². The van der Waals surface area contributed by atoms with E-state index in [1.807, 2.05) is 0 Å². The summed E-state index contributed by atoms with van der Waals surface area (Å²) in [6.45, 7) is 0. The number of nitrogens with one attached hydrogen (secondary N) is 1. The third-order valence-corrected chi connectivity index (χ3v) is 2.59. The van der Waals surface area contributed by atoms with Gasteiger partial charge in [0, 0.05) is 10.7 Å². The van der Waals surface area contributed by atoms with Crippen LogP contribution in [0.3, 0.4) is 0 Å². The van der Waals surface area contributed by atoms with Gasteiger partial charge in [-0.25, -0.2) is 13.2 Å². The van der Waals surface area contributed by atoms with Crippen LogP contribution in [0.25, 0.3) is 0 Å². The Labute approximate surface area is 78.3 Å².